The van der Waals surface area contributed by atoms with Crippen molar-refractivity contribution in [1.29, 1.82) is 0 Å². The second-order valence-corrected chi connectivity index (χ2v) is 13.2. The van der Waals surface area contributed by atoms with Crippen LogP contribution in [0.1, 0.15) is 132 Å². The molecule has 0 N–H and O–H groups in total. The Kier molecular flexibility index (Phi) is 12.0. The molecule has 5 unspecified atom stereocenters. The van der Waals surface area contributed by atoms with Crippen LogP contribution in [0, 0.1) is 11.8 Å². The minimum absolute atomic E-state index is 0. The zero-order valence-electron chi connectivity index (χ0n) is 27.4. The Balaban J connectivity index is 0.00000387. The molecule has 10 atom stereocenters. The fourth-order valence-corrected chi connectivity index (χ4v) is 10.0. The molecule has 41 heavy (non-hydrogen) atoms. The second kappa shape index (κ2) is 14.7. The number of hydrogen-bond donors (Lipinski definition) is 0. The number of fused-ring (bicyclic) bond motifs is 8. The molecule has 5 heteroatoms. The molecule has 2 saturated heterocycles. The van der Waals surface area contributed by atoms with Crippen molar-refractivity contribution >= 4 is 0 Å². The van der Waals surface area contributed by atoms with E-state index in [2.05, 4.69) is 55.4 Å². The zero-order valence-corrected chi connectivity index (χ0v) is 29.6. The largest absolute Gasteiger partial charge is 4.00 e. The Morgan fingerprint density at radius 2 is 0.634 bits per heavy atom. The van der Waals surface area contributed by atoms with Gasteiger partial charge < -0.3 is 21.3 Å². The van der Waals surface area contributed by atoms with Crippen molar-refractivity contribution in [2.45, 2.75) is 181 Å². The standard InChI is InChI=1S/C36H58N4.Pt/c1-9-21-22(10-2)30-18-32-25(13-5)26(14-6)34(39-32)20-36-28(16-8)27(15-7)35(40-36)19-33-24(12-4)23(11-3)31(38-33)17-29(21)37-30;/h21-22,29-36H,9-20H2,1-8H3;/q-4;+4/t21-,22?,29?,30+,31+,32?,33-,34?,35+,36?;/m0./s1. The summed E-state index contributed by atoms with van der Waals surface area (Å²) in [6.45, 7) is 19.0. The quantitative estimate of drug-likeness (QED) is 0.223. The first-order valence-electron chi connectivity index (χ1n) is 17.4. The van der Waals surface area contributed by atoms with Gasteiger partial charge in [-0.05, 0) is 38.5 Å². The zero-order chi connectivity index (χ0) is 28.6. The molecule has 5 aliphatic rings. The number of nitrogens with zero attached hydrogens (tertiary/aromatic N) is 4. The van der Waals surface area contributed by atoms with E-state index in [1.165, 1.54) is 12.8 Å². The van der Waals surface area contributed by atoms with E-state index in [1.54, 1.807) is 33.4 Å². The van der Waals surface area contributed by atoms with Crippen LogP contribution in [0.2, 0.25) is 0 Å². The second-order valence-electron chi connectivity index (χ2n) is 13.2. The van der Waals surface area contributed by atoms with E-state index in [-0.39, 0.29) is 21.1 Å². The van der Waals surface area contributed by atoms with Crippen molar-refractivity contribution in [3.8, 4) is 0 Å². The van der Waals surface area contributed by atoms with Gasteiger partial charge in [0.15, 0.2) is 0 Å². The molecular formula is C36H58N4Pt. The monoisotopic (exact) mass is 741 g/mol. The van der Waals surface area contributed by atoms with E-state index in [4.69, 9.17) is 21.3 Å². The van der Waals surface area contributed by atoms with Crippen LogP contribution in [0.5, 0.6) is 0 Å². The Morgan fingerprint density at radius 3 is 0.854 bits per heavy atom. The van der Waals surface area contributed by atoms with Gasteiger partial charge >= 0.3 is 21.1 Å². The third-order valence-corrected chi connectivity index (χ3v) is 11.7. The van der Waals surface area contributed by atoms with Crippen LogP contribution in [-0.4, -0.2) is 48.3 Å². The van der Waals surface area contributed by atoms with Crippen LogP contribution in [0.15, 0.2) is 33.4 Å². The first kappa shape index (κ1) is 33.6. The van der Waals surface area contributed by atoms with Crippen molar-refractivity contribution in [1.82, 2.24) is 0 Å². The summed E-state index contributed by atoms with van der Waals surface area (Å²) in [5, 5.41) is 22.6. The van der Waals surface area contributed by atoms with Gasteiger partial charge in [-0.25, -0.2) is 0 Å². The maximum atomic E-state index is 5.70. The SMILES string of the molecule is CCC1=C(CC)C2C[C@H]3[N-]C(C[C@H]4[N-][C@@H](C[C@H]5[N-]C(CC1[N-]2)C(CC)=C5CC)C(CC)=C4CC)[C@@H](CC)C3CC.[Pt+4]. The van der Waals surface area contributed by atoms with Crippen molar-refractivity contribution in [3.63, 3.8) is 0 Å². The summed E-state index contributed by atoms with van der Waals surface area (Å²) < 4.78 is 0. The van der Waals surface area contributed by atoms with E-state index in [0.29, 0.717) is 60.2 Å². The minimum Gasteiger partial charge on any atom is -0.656 e. The average Bonchev–Trinajstić information content (AvgIpc) is 3.67. The van der Waals surface area contributed by atoms with Crippen LogP contribution in [-0.2, 0) is 21.1 Å². The van der Waals surface area contributed by atoms with Gasteiger partial charge in [-0.2, -0.15) is 0 Å². The van der Waals surface area contributed by atoms with Gasteiger partial charge in [0.25, 0.3) is 0 Å². The van der Waals surface area contributed by atoms with E-state index < -0.39 is 0 Å². The van der Waals surface area contributed by atoms with Gasteiger partial charge in [0.2, 0.25) is 0 Å². The molecule has 232 valence electrons. The molecule has 0 amide bonds. The Labute approximate surface area is 267 Å². The summed E-state index contributed by atoms with van der Waals surface area (Å²) >= 11 is 0. The minimum atomic E-state index is 0. The molecule has 0 aliphatic carbocycles. The van der Waals surface area contributed by atoms with Gasteiger partial charge in [0, 0.05) is 0 Å². The summed E-state index contributed by atoms with van der Waals surface area (Å²) in [6.07, 6.45) is 13.6. The predicted molar refractivity (Wildman–Crippen MR) is 173 cm³/mol. The molecule has 0 aromatic rings. The van der Waals surface area contributed by atoms with Crippen molar-refractivity contribution in [3.05, 3.63) is 54.7 Å². The summed E-state index contributed by atoms with van der Waals surface area (Å²) in [5.74, 6) is 1.38. The Bertz CT molecular complexity index is 922. The molecule has 5 heterocycles. The van der Waals surface area contributed by atoms with Gasteiger partial charge in [-0.15, -0.1) is 48.3 Å². The van der Waals surface area contributed by atoms with Crippen molar-refractivity contribution in [2.75, 3.05) is 0 Å². The summed E-state index contributed by atoms with van der Waals surface area (Å²) in [5.41, 5.74) is 9.81. The molecule has 2 fully saturated rings. The van der Waals surface area contributed by atoms with Gasteiger partial charge in [0.1, 0.15) is 0 Å². The summed E-state index contributed by atoms with van der Waals surface area (Å²) in [4.78, 5) is 0. The molecule has 8 bridgehead atoms. The van der Waals surface area contributed by atoms with E-state index >= 15 is 0 Å². The first-order chi connectivity index (χ1) is 19.5. The van der Waals surface area contributed by atoms with Crippen molar-refractivity contribution in [2.24, 2.45) is 11.8 Å². The Morgan fingerprint density at radius 1 is 0.390 bits per heavy atom. The predicted octanol–water partition coefficient (Wildman–Crippen LogP) is 10.5. The molecule has 5 aliphatic heterocycles. The van der Waals surface area contributed by atoms with E-state index in [9.17, 15) is 0 Å². The molecule has 0 spiro atoms. The maximum Gasteiger partial charge on any atom is 4.00 e. The maximum absolute atomic E-state index is 5.70. The third kappa shape index (κ3) is 6.18. The topological polar surface area (TPSA) is 56.4 Å². The molecule has 0 saturated carbocycles. The van der Waals surface area contributed by atoms with Gasteiger partial charge in [0.05, 0.1) is 0 Å². The van der Waals surface area contributed by atoms with Crippen molar-refractivity contribution < 1.29 is 21.1 Å². The number of hydrogen-bond acceptors (Lipinski definition) is 0. The summed E-state index contributed by atoms with van der Waals surface area (Å²) in [7, 11) is 0. The fraction of sp³-hybridized carbons (Fsp3) is 0.833. The fourth-order valence-electron chi connectivity index (χ4n) is 10.0. The van der Waals surface area contributed by atoms with Crippen LogP contribution in [0.4, 0.5) is 0 Å². The van der Waals surface area contributed by atoms with Crippen LogP contribution < -0.4 is 0 Å². The molecule has 0 aromatic carbocycles. The molecule has 4 nitrogen and oxygen atoms in total. The van der Waals surface area contributed by atoms with Gasteiger partial charge in [-0.1, -0.05) is 139 Å². The Hall–Kier alpha value is -0.252. The van der Waals surface area contributed by atoms with Crippen LogP contribution in [0.3, 0.4) is 0 Å². The van der Waals surface area contributed by atoms with Gasteiger partial charge in [-0.3, -0.25) is 0 Å². The van der Waals surface area contributed by atoms with Crippen LogP contribution >= 0.6 is 0 Å². The van der Waals surface area contributed by atoms with E-state index in [0.717, 1.165) is 64.2 Å². The molecule has 0 radical (unpaired) electrons. The molecular weight excluding hydrogens is 684 g/mol. The molecule has 5 rings (SSSR count). The van der Waals surface area contributed by atoms with E-state index in [1.807, 2.05) is 0 Å². The first-order valence-corrected chi connectivity index (χ1v) is 17.4. The smallest absolute Gasteiger partial charge is 0.656 e. The number of rotatable bonds is 8. The third-order valence-electron chi connectivity index (χ3n) is 11.7. The average molecular weight is 742 g/mol. The van der Waals surface area contributed by atoms with Crippen LogP contribution in [0.25, 0.3) is 21.3 Å². The molecule has 0 aromatic heterocycles. The normalized spacial score (nSPS) is 39.2. The summed E-state index contributed by atoms with van der Waals surface area (Å²) in [6, 6.07) is 2.92.